The minimum absolute atomic E-state index is 0.0931. The summed E-state index contributed by atoms with van der Waals surface area (Å²) in [7, 11) is 0. The summed E-state index contributed by atoms with van der Waals surface area (Å²) in [5.41, 5.74) is 6.45. The maximum atomic E-state index is 13.5. The zero-order valence-corrected chi connectivity index (χ0v) is 18.0. The lowest BCUT2D eigenvalue weighted by Gasteiger charge is -2.29. The van der Waals surface area contributed by atoms with E-state index < -0.39 is 0 Å². The molecule has 0 fully saturated rings. The Morgan fingerprint density at radius 1 is 1.10 bits per heavy atom. The Labute approximate surface area is 181 Å². The van der Waals surface area contributed by atoms with Gasteiger partial charge in [-0.05, 0) is 67.1 Å². The third-order valence-electron chi connectivity index (χ3n) is 6.06. The molecule has 1 amide bonds. The van der Waals surface area contributed by atoms with Gasteiger partial charge < -0.3 is 4.90 Å². The molecule has 0 bridgehead atoms. The van der Waals surface area contributed by atoms with Crippen molar-refractivity contribution >= 4 is 22.5 Å². The fourth-order valence-corrected chi connectivity index (χ4v) is 4.28. The average molecular weight is 412 g/mol. The van der Waals surface area contributed by atoms with E-state index in [-0.39, 0.29) is 5.91 Å². The van der Waals surface area contributed by atoms with Crippen molar-refractivity contribution in [3.05, 3.63) is 77.2 Å². The number of aromatic nitrogens is 4. The Bertz CT molecular complexity index is 1290. The molecule has 6 heteroatoms. The van der Waals surface area contributed by atoms with Crippen molar-refractivity contribution in [1.29, 1.82) is 0 Å². The van der Waals surface area contributed by atoms with Gasteiger partial charge in [-0.1, -0.05) is 37.3 Å². The molecule has 5 rings (SSSR count). The molecule has 4 aromatic rings. The average Bonchev–Trinajstić information content (AvgIpc) is 3.18. The molecule has 0 aliphatic carbocycles. The Morgan fingerprint density at radius 2 is 1.97 bits per heavy atom. The number of carbonyl (C=O) groups is 1. The summed E-state index contributed by atoms with van der Waals surface area (Å²) in [6.45, 7) is 6.98. The van der Waals surface area contributed by atoms with E-state index in [4.69, 9.17) is 0 Å². The van der Waals surface area contributed by atoms with Crippen LogP contribution >= 0.6 is 0 Å². The normalized spacial score (nSPS) is 13.6. The van der Waals surface area contributed by atoms with Crippen LogP contribution < -0.4 is 4.90 Å². The van der Waals surface area contributed by atoms with Crippen molar-refractivity contribution in [2.45, 2.75) is 39.5 Å². The first-order valence-electron chi connectivity index (χ1n) is 10.7. The minimum Gasteiger partial charge on any atom is -0.307 e. The van der Waals surface area contributed by atoms with Gasteiger partial charge in [-0.15, -0.1) is 5.10 Å². The van der Waals surface area contributed by atoms with E-state index in [0.29, 0.717) is 18.2 Å². The number of pyridine rings is 1. The number of benzene rings is 2. The predicted octanol–water partition coefficient (Wildman–Crippen LogP) is 4.84. The summed E-state index contributed by atoms with van der Waals surface area (Å²) < 4.78 is 1.73. The van der Waals surface area contributed by atoms with Crippen molar-refractivity contribution in [2.75, 3.05) is 11.4 Å². The SMILES string of the molecule is Cc1c(C(=O)N2CCCc3cc(C(C)C)ccc32)nnn1-c1ccc2ncccc2c1. The highest BCUT2D eigenvalue weighted by Gasteiger charge is 2.28. The quantitative estimate of drug-likeness (QED) is 0.484. The lowest BCUT2D eigenvalue weighted by molar-refractivity contribution is 0.0979. The van der Waals surface area contributed by atoms with Crippen molar-refractivity contribution < 1.29 is 4.79 Å². The van der Waals surface area contributed by atoms with Gasteiger partial charge >= 0.3 is 0 Å². The van der Waals surface area contributed by atoms with Gasteiger partial charge in [0.05, 0.1) is 16.9 Å². The third kappa shape index (κ3) is 3.38. The summed E-state index contributed by atoms with van der Waals surface area (Å²) in [6, 6.07) is 16.3. The van der Waals surface area contributed by atoms with E-state index in [1.165, 1.54) is 11.1 Å². The summed E-state index contributed by atoms with van der Waals surface area (Å²) in [5, 5.41) is 9.59. The molecule has 0 N–H and O–H groups in total. The molecule has 31 heavy (non-hydrogen) atoms. The molecule has 2 aromatic carbocycles. The van der Waals surface area contributed by atoms with Crippen molar-refractivity contribution in [3.8, 4) is 5.69 Å². The van der Waals surface area contributed by atoms with Gasteiger partial charge in [0, 0.05) is 23.8 Å². The smallest absolute Gasteiger partial charge is 0.280 e. The van der Waals surface area contributed by atoms with E-state index in [1.807, 2.05) is 42.2 Å². The molecule has 6 nitrogen and oxygen atoms in total. The molecule has 0 saturated heterocycles. The molecule has 0 spiro atoms. The highest BCUT2D eigenvalue weighted by Crippen LogP contribution is 2.31. The van der Waals surface area contributed by atoms with Crippen LogP contribution in [0.2, 0.25) is 0 Å². The van der Waals surface area contributed by atoms with E-state index in [9.17, 15) is 4.79 Å². The molecule has 0 unspecified atom stereocenters. The van der Waals surface area contributed by atoms with Crippen LogP contribution in [-0.2, 0) is 6.42 Å². The van der Waals surface area contributed by atoms with Crippen LogP contribution in [0.25, 0.3) is 16.6 Å². The van der Waals surface area contributed by atoms with Gasteiger partial charge in [0.2, 0.25) is 0 Å². The summed E-state index contributed by atoms with van der Waals surface area (Å²) in [5.74, 6) is 0.375. The lowest BCUT2D eigenvalue weighted by atomic mass is 9.94. The predicted molar refractivity (Wildman–Crippen MR) is 122 cm³/mol. The van der Waals surface area contributed by atoms with Crippen molar-refractivity contribution in [3.63, 3.8) is 0 Å². The first kappa shape index (κ1) is 19.4. The molecule has 156 valence electrons. The van der Waals surface area contributed by atoms with Gasteiger partial charge in [0.1, 0.15) is 0 Å². The van der Waals surface area contributed by atoms with Crippen molar-refractivity contribution in [1.82, 2.24) is 20.0 Å². The standard InChI is InChI=1S/C25H25N5O/c1-16(2)18-8-11-23-20(14-18)7-5-13-29(23)25(31)24-17(3)30(28-27-24)21-9-10-22-19(15-21)6-4-12-26-22/h4,6,8-12,14-16H,5,7,13H2,1-3H3. The number of fused-ring (bicyclic) bond motifs is 2. The number of carbonyl (C=O) groups excluding carboxylic acids is 1. The number of anilines is 1. The maximum Gasteiger partial charge on any atom is 0.280 e. The number of hydrogen-bond donors (Lipinski definition) is 0. The van der Waals surface area contributed by atoms with E-state index in [2.05, 4.69) is 47.3 Å². The summed E-state index contributed by atoms with van der Waals surface area (Å²) in [4.78, 5) is 19.7. The van der Waals surface area contributed by atoms with Crippen LogP contribution in [0.5, 0.6) is 0 Å². The molecule has 0 saturated carbocycles. The summed E-state index contributed by atoms with van der Waals surface area (Å²) >= 11 is 0. The van der Waals surface area contributed by atoms with Crippen LogP contribution in [0.3, 0.4) is 0 Å². The van der Waals surface area contributed by atoms with E-state index in [0.717, 1.165) is 40.8 Å². The van der Waals surface area contributed by atoms with Crippen LogP contribution in [0.1, 0.15) is 53.5 Å². The van der Waals surface area contributed by atoms with Gasteiger partial charge in [-0.2, -0.15) is 0 Å². The van der Waals surface area contributed by atoms with Gasteiger partial charge in [0.25, 0.3) is 5.91 Å². The number of hydrogen-bond acceptors (Lipinski definition) is 4. The highest BCUT2D eigenvalue weighted by atomic mass is 16.2. The largest absolute Gasteiger partial charge is 0.307 e. The first-order chi connectivity index (χ1) is 15.0. The van der Waals surface area contributed by atoms with Crippen molar-refractivity contribution in [2.24, 2.45) is 0 Å². The number of nitrogens with zero attached hydrogens (tertiary/aromatic N) is 5. The Balaban J connectivity index is 1.49. The zero-order chi connectivity index (χ0) is 21.5. The number of rotatable bonds is 3. The molecule has 1 aliphatic rings. The number of amides is 1. The third-order valence-corrected chi connectivity index (χ3v) is 6.06. The molecule has 0 atom stereocenters. The van der Waals surface area contributed by atoms with Crippen LogP contribution in [0, 0.1) is 6.92 Å². The topological polar surface area (TPSA) is 63.9 Å². The molecule has 3 heterocycles. The fourth-order valence-electron chi connectivity index (χ4n) is 4.28. The highest BCUT2D eigenvalue weighted by molar-refractivity contribution is 6.06. The molecule has 0 radical (unpaired) electrons. The first-order valence-corrected chi connectivity index (χ1v) is 10.7. The maximum absolute atomic E-state index is 13.5. The fraction of sp³-hybridized carbons (Fsp3) is 0.280. The second kappa shape index (κ2) is 7.61. The molecule has 1 aliphatic heterocycles. The molecular formula is C25H25N5O. The van der Waals surface area contributed by atoms with Crippen LogP contribution in [0.4, 0.5) is 5.69 Å². The van der Waals surface area contributed by atoms with Gasteiger partial charge in [-0.3, -0.25) is 9.78 Å². The molecular weight excluding hydrogens is 386 g/mol. The molecule has 2 aromatic heterocycles. The Kier molecular flexibility index (Phi) is 4.77. The van der Waals surface area contributed by atoms with E-state index in [1.54, 1.807) is 10.9 Å². The van der Waals surface area contributed by atoms with E-state index >= 15 is 0 Å². The minimum atomic E-state index is -0.0931. The van der Waals surface area contributed by atoms with Crippen LogP contribution in [-0.4, -0.2) is 32.4 Å². The Hall–Kier alpha value is -3.54. The monoisotopic (exact) mass is 411 g/mol. The number of aryl methyl sites for hydroxylation is 1. The van der Waals surface area contributed by atoms with Gasteiger partial charge in [-0.25, -0.2) is 4.68 Å². The van der Waals surface area contributed by atoms with Crippen LogP contribution in [0.15, 0.2) is 54.7 Å². The zero-order valence-electron chi connectivity index (χ0n) is 18.0. The second-order valence-corrected chi connectivity index (χ2v) is 8.42. The van der Waals surface area contributed by atoms with Gasteiger partial charge in [0.15, 0.2) is 5.69 Å². The summed E-state index contributed by atoms with van der Waals surface area (Å²) in [6.07, 6.45) is 3.72. The Morgan fingerprint density at radius 3 is 2.81 bits per heavy atom. The lowest BCUT2D eigenvalue weighted by Crippen LogP contribution is -2.36. The second-order valence-electron chi connectivity index (χ2n) is 8.42.